The minimum absolute atomic E-state index is 0.0592. The highest BCUT2D eigenvalue weighted by atomic mass is 16.4. The highest BCUT2D eigenvalue weighted by Crippen LogP contribution is 2.32. The molecule has 0 unspecified atom stereocenters. The molecule has 1 aromatic rings. The van der Waals surface area contributed by atoms with Gasteiger partial charge in [0, 0.05) is 17.4 Å². The van der Waals surface area contributed by atoms with Crippen LogP contribution in [0.3, 0.4) is 0 Å². The summed E-state index contributed by atoms with van der Waals surface area (Å²) in [6, 6.07) is 0.362. The second kappa shape index (κ2) is 4.17. The third-order valence-electron chi connectivity index (χ3n) is 3.20. The third-order valence-corrected chi connectivity index (χ3v) is 3.20. The van der Waals surface area contributed by atoms with Gasteiger partial charge >= 0.3 is 0 Å². The molecule has 1 aliphatic carbocycles. The first-order valence-corrected chi connectivity index (χ1v) is 6.06. The first kappa shape index (κ1) is 11.6. The first-order valence-electron chi connectivity index (χ1n) is 6.06. The predicted octanol–water partition coefficient (Wildman–Crippen LogP) is 2.35. The van der Waals surface area contributed by atoms with Crippen LogP contribution in [0.5, 0.6) is 0 Å². The Morgan fingerprint density at radius 1 is 1.12 bits per heavy atom. The summed E-state index contributed by atoms with van der Waals surface area (Å²) >= 11 is 0. The Bertz CT molecular complexity index is 345. The fraction of sp³-hybridized carbons (Fsp3) is 0.833. The molecule has 0 bridgehead atoms. The maximum Gasteiger partial charge on any atom is 0.221 e. The lowest BCUT2D eigenvalue weighted by Gasteiger charge is -2.23. The highest BCUT2D eigenvalue weighted by molar-refractivity contribution is 5.00. The lowest BCUT2D eigenvalue weighted by Crippen LogP contribution is -2.25. The van der Waals surface area contributed by atoms with Crippen LogP contribution in [0.4, 0.5) is 0 Å². The molecule has 1 aliphatic rings. The summed E-state index contributed by atoms with van der Waals surface area (Å²) in [7, 11) is 0. The summed E-state index contributed by atoms with van der Waals surface area (Å²) in [5.74, 6) is 1.96. The van der Waals surface area contributed by atoms with Crippen LogP contribution < -0.4 is 5.73 Å². The van der Waals surface area contributed by atoms with E-state index in [-0.39, 0.29) is 5.41 Å². The molecular formula is C12H21N3O. The van der Waals surface area contributed by atoms with Gasteiger partial charge in [0.25, 0.3) is 0 Å². The molecule has 2 rings (SSSR count). The van der Waals surface area contributed by atoms with Crippen LogP contribution in [0.2, 0.25) is 0 Å². The van der Waals surface area contributed by atoms with Crippen molar-refractivity contribution >= 4 is 0 Å². The molecule has 90 valence electrons. The van der Waals surface area contributed by atoms with Crippen molar-refractivity contribution in [3.05, 3.63) is 11.8 Å². The molecule has 0 amide bonds. The SMILES string of the molecule is CC(C)(C)c1nnc([C@H]2CC[C@H](N)CC2)o1. The van der Waals surface area contributed by atoms with Crippen molar-refractivity contribution in [2.75, 3.05) is 0 Å². The van der Waals surface area contributed by atoms with Crippen LogP contribution in [0, 0.1) is 0 Å². The van der Waals surface area contributed by atoms with Gasteiger partial charge in [0.15, 0.2) is 0 Å². The molecule has 4 nitrogen and oxygen atoms in total. The van der Waals surface area contributed by atoms with Gasteiger partial charge in [-0.1, -0.05) is 20.8 Å². The van der Waals surface area contributed by atoms with E-state index in [0.717, 1.165) is 37.5 Å². The molecule has 0 aromatic carbocycles. The summed E-state index contributed by atoms with van der Waals surface area (Å²) in [4.78, 5) is 0. The largest absolute Gasteiger partial charge is 0.424 e. The monoisotopic (exact) mass is 223 g/mol. The van der Waals surface area contributed by atoms with E-state index in [9.17, 15) is 0 Å². The van der Waals surface area contributed by atoms with Crippen LogP contribution in [0.15, 0.2) is 4.42 Å². The molecule has 1 aromatic heterocycles. The van der Waals surface area contributed by atoms with Crippen molar-refractivity contribution in [1.82, 2.24) is 10.2 Å². The van der Waals surface area contributed by atoms with Gasteiger partial charge in [0.2, 0.25) is 11.8 Å². The maximum atomic E-state index is 5.88. The molecule has 0 saturated heterocycles. The Labute approximate surface area is 96.6 Å². The van der Waals surface area contributed by atoms with E-state index >= 15 is 0 Å². The summed E-state index contributed by atoms with van der Waals surface area (Å²) in [5, 5.41) is 8.31. The smallest absolute Gasteiger partial charge is 0.221 e. The zero-order valence-corrected chi connectivity index (χ0v) is 10.4. The Balaban J connectivity index is 2.08. The van der Waals surface area contributed by atoms with Crippen molar-refractivity contribution < 1.29 is 4.42 Å². The normalized spacial score (nSPS) is 27.0. The van der Waals surface area contributed by atoms with E-state index in [1.165, 1.54) is 0 Å². The van der Waals surface area contributed by atoms with Crippen molar-refractivity contribution in [2.45, 2.75) is 63.8 Å². The lowest BCUT2D eigenvalue weighted by molar-refractivity contribution is 0.311. The van der Waals surface area contributed by atoms with Gasteiger partial charge in [0.1, 0.15) is 0 Å². The molecule has 4 heteroatoms. The zero-order valence-electron chi connectivity index (χ0n) is 10.4. The zero-order chi connectivity index (χ0) is 11.8. The molecule has 2 N–H and O–H groups in total. The lowest BCUT2D eigenvalue weighted by atomic mass is 9.86. The van der Waals surface area contributed by atoms with Gasteiger partial charge in [-0.15, -0.1) is 10.2 Å². The molecule has 1 saturated carbocycles. The molecule has 0 aliphatic heterocycles. The number of rotatable bonds is 1. The summed E-state index contributed by atoms with van der Waals surface area (Å²) in [5.41, 5.74) is 5.82. The quantitative estimate of drug-likeness (QED) is 0.793. The Kier molecular flexibility index (Phi) is 3.02. The summed E-state index contributed by atoms with van der Waals surface area (Å²) in [6.45, 7) is 6.25. The minimum Gasteiger partial charge on any atom is -0.424 e. The third kappa shape index (κ3) is 2.43. The molecule has 1 heterocycles. The van der Waals surface area contributed by atoms with Gasteiger partial charge in [-0.3, -0.25) is 0 Å². The topological polar surface area (TPSA) is 64.9 Å². The Morgan fingerprint density at radius 3 is 2.25 bits per heavy atom. The highest BCUT2D eigenvalue weighted by Gasteiger charge is 2.27. The van der Waals surface area contributed by atoms with Crippen LogP contribution in [0.25, 0.3) is 0 Å². The fourth-order valence-corrected chi connectivity index (χ4v) is 2.07. The van der Waals surface area contributed by atoms with E-state index in [2.05, 4.69) is 31.0 Å². The van der Waals surface area contributed by atoms with Crippen LogP contribution >= 0.6 is 0 Å². The molecular weight excluding hydrogens is 202 g/mol. The van der Waals surface area contributed by atoms with Crippen molar-refractivity contribution in [3.63, 3.8) is 0 Å². The Hall–Kier alpha value is -0.900. The van der Waals surface area contributed by atoms with E-state index in [0.29, 0.717) is 12.0 Å². The van der Waals surface area contributed by atoms with Gasteiger partial charge in [0.05, 0.1) is 0 Å². The molecule has 0 radical (unpaired) electrons. The van der Waals surface area contributed by atoms with Crippen molar-refractivity contribution in [1.29, 1.82) is 0 Å². The van der Waals surface area contributed by atoms with Crippen LogP contribution in [0.1, 0.15) is 64.2 Å². The molecule has 0 spiro atoms. The van der Waals surface area contributed by atoms with Gasteiger partial charge in [-0.2, -0.15) is 0 Å². The average molecular weight is 223 g/mol. The number of nitrogens with zero attached hydrogens (tertiary/aromatic N) is 2. The van der Waals surface area contributed by atoms with E-state index < -0.39 is 0 Å². The van der Waals surface area contributed by atoms with Crippen molar-refractivity contribution in [3.8, 4) is 0 Å². The molecule has 0 atom stereocenters. The number of hydrogen-bond donors (Lipinski definition) is 1. The predicted molar refractivity (Wildman–Crippen MR) is 62.2 cm³/mol. The van der Waals surface area contributed by atoms with Crippen LogP contribution in [-0.4, -0.2) is 16.2 Å². The standard InChI is InChI=1S/C12H21N3O/c1-12(2,3)11-15-14-10(16-11)8-4-6-9(13)7-5-8/h8-9H,4-7,13H2,1-3H3/t8-,9-. The minimum atomic E-state index is -0.0592. The summed E-state index contributed by atoms with van der Waals surface area (Å²) < 4.78 is 5.76. The van der Waals surface area contributed by atoms with E-state index in [4.69, 9.17) is 10.2 Å². The van der Waals surface area contributed by atoms with Crippen LogP contribution in [-0.2, 0) is 5.41 Å². The number of hydrogen-bond acceptors (Lipinski definition) is 4. The van der Waals surface area contributed by atoms with Gasteiger partial charge < -0.3 is 10.2 Å². The maximum absolute atomic E-state index is 5.88. The fourth-order valence-electron chi connectivity index (χ4n) is 2.07. The van der Waals surface area contributed by atoms with E-state index in [1.807, 2.05) is 0 Å². The van der Waals surface area contributed by atoms with Crippen molar-refractivity contribution in [2.24, 2.45) is 5.73 Å². The Morgan fingerprint density at radius 2 is 1.75 bits per heavy atom. The average Bonchev–Trinajstić information content (AvgIpc) is 2.67. The summed E-state index contributed by atoms with van der Waals surface area (Å²) in [6.07, 6.45) is 4.29. The number of aromatic nitrogens is 2. The first-order chi connectivity index (χ1) is 7.47. The number of nitrogens with two attached hydrogens (primary N) is 1. The van der Waals surface area contributed by atoms with Gasteiger partial charge in [-0.25, -0.2) is 0 Å². The molecule has 1 fully saturated rings. The molecule has 16 heavy (non-hydrogen) atoms. The second-order valence-electron chi connectivity index (χ2n) is 5.81. The second-order valence-corrected chi connectivity index (χ2v) is 5.81. The van der Waals surface area contributed by atoms with E-state index in [1.54, 1.807) is 0 Å². The van der Waals surface area contributed by atoms with Gasteiger partial charge in [-0.05, 0) is 25.7 Å².